The zero-order valence-electron chi connectivity index (χ0n) is 23.8. The molecule has 3 saturated heterocycles. The van der Waals surface area contributed by atoms with Gasteiger partial charge in [0.15, 0.2) is 0 Å². The lowest BCUT2D eigenvalue weighted by Crippen LogP contribution is -2.57. The summed E-state index contributed by atoms with van der Waals surface area (Å²) in [6.45, 7) is 5.63. The van der Waals surface area contributed by atoms with Gasteiger partial charge in [0.05, 0.1) is 16.1 Å². The van der Waals surface area contributed by atoms with Crippen LogP contribution in [0, 0.1) is 29.9 Å². The largest absolute Gasteiger partial charge is 0.431 e. The summed E-state index contributed by atoms with van der Waals surface area (Å²) in [4.78, 5) is 31.4. The summed E-state index contributed by atoms with van der Waals surface area (Å²) in [5, 5.41) is 11.1. The van der Waals surface area contributed by atoms with Gasteiger partial charge < -0.3 is 19.8 Å². The third-order valence-electron chi connectivity index (χ3n) is 9.28. The molecule has 2 aromatic carbocycles. The van der Waals surface area contributed by atoms with E-state index < -0.39 is 23.2 Å². The molecule has 0 saturated carbocycles. The van der Waals surface area contributed by atoms with Gasteiger partial charge in [-0.2, -0.15) is 13.2 Å². The molecular formula is C32H37ClF3N3O3. The maximum Gasteiger partial charge on any atom is 0.431 e. The Morgan fingerprint density at radius 2 is 1.62 bits per heavy atom. The lowest BCUT2D eigenvalue weighted by molar-refractivity contribution is -0.262. The number of anilines is 1. The smallest absolute Gasteiger partial charge is 0.371 e. The zero-order valence-corrected chi connectivity index (χ0v) is 24.6. The molecular weight excluding hydrogens is 567 g/mol. The lowest BCUT2D eigenvalue weighted by Gasteiger charge is -2.42. The van der Waals surface area contributed by atoms with E-state index >= 15 is 0 Å². The first-order chi connectivity index (χ1) is 20.0. The van der Waals surface area contributed by atoms with Crippen LogP contribution in [-0.2, 0) is 10.4 Å². The van der Waals surface area contributed by atoms with Crippen LogP contribution in [0.1, 0.15) is 61.4 Å². The summed E-state index contributed by atoms with van der Waals surface area (Å²) < 4.78 is 41.9. The fourth-order valence-electron chi connectivity index (χ4n) is 6.80. The number of alkyl halides is 3. The third-order valence-corrected chi connectivity index (χ3v) is 9.60. The molecule has 2 unspecified atom stereocenters. The number of piperidine rings is 3. The molecule has 0 radical (unpaired) electrons. The van der Waals surface area contributed by atoms with Crippen molar-refractivity contribution in [1.29, 1.82) is 0 Å². The Bertz CT molecular complexity index is 1260. The highest BCUT2D eigenvalue weighted by Gasteiger charge is 2.62. The van der Waals surface area contributed by atoms with Crippen LogP contribution >= 0.6 is 11.6 Å². The van der Waals surface area contributed by atoms with Crippen molar-refractivity contribution in [3.05, 3.63) is 64.7 Å². The van der Waals surface area contributed by atoms with Gasteiger partial charge in [0.1, 0.15) is 0 Å². The van der Waals surface area contributed by atoms with Gasteiger partial charge in [-0.25, -0.2) is 0 Å². The average Bonchev–Trinajstić information content (AvgIpc) is 3.00. The number of amides is 2. The van der Waals surface area contributed by atoms with E-state index in [4.69, 9.17) is 11.6 Å². The van der Waals surface area contributed by atoms with Crippen LogP contribution < -0.4 is 4.90 Å². The monoisotopic (exact) mass is 603 g/mol. The number of halogens is 4. The van der Waals surface area contributed by atoms with Crippen molar-refractivity contribution in [2.24, 2.45) is 17.8 Å². The van der Waals surface area contributed by atoms with Crippen LogP contribution in [0.25, 0.3) is 0 Å². The SMILES string of the molecule is CC1CCCN(C(=O)c2ccc(N3CCC(C4CCN(C(=O)C(O)(c5c#cccc5)C(F)(F)F)CC4)CC3)cc2Cl)C1. The summed E-state index contributed by atoms with van der Waals surface area (Å²) >= 11 is 6.59. The minimum atomic E-state index is -5.18. The fraction of sp³-hybridized carbons (Fsp3) is 0.562. The normalized spacial score (nSPS) is 22.4. The molecule has 10 heteroatoms. The minimum absolute atomic E-state index is 0.0180. The van der Waals surface area contributed by atoms with Crippen molar-refractivity contribution in [2.75, 3.05) is 44.2 Å². The second-order valence-electron chi connectivity index (χ2n) is 12.0. The molecule has 0 bridgehead atoms. The first kappa shape index (κ1) is 30.5. The second-order valence-corrected chi connectivity index (χ2v) is 12.4. The van der Waals surface area contributed by atoms with Crippen molar-refractivity contribution in [3.63, 3.8) is 0 Å². The Morgan fingerprint density at radius 3 is 2.19 bits per heavy atom. The Kier molecular flexibility index (Phi) is 8.96. The number of benzene rings is 1. The Morgan fingerprint density at radius 1 is 0.952 bits per heavy atom. The van der Waals surface area contributed by atoms with Crippen LogP contribution in [0.15, 0.2) is 36.4 Å². The van der Waals surface area contributed by atoms with Gasteiger partial charge in [0.2, 0.25) is 0 Å². The van der Waals surface area contributed by atoms with E-state index in [-0.39, 0.29) is 19.0 Å². The predicted molar refractivity (Wildman–Crippen MR) is 154 cm³/mol. The van der Waals surface area contributed by atoms with Crippen LogP contribution in [0.2, 0.25) is 5.02 Å². The number of aliphatic hydroxyl groups is 1. The summed E-state index contributed by atoms with van der Waals surface area (Å²) in [6, 6.07) is 14.0. The molecule has 2 amide bonds. The number of nitrogens with zero attached hydrogens (tertiary/aromatic N) is 3. The van der Waals surface area contributed by atoms with E-state index in [0.717, 1.165) is 68.5 Å². The topological polar surface area (TPSA) is 64.1 Å². The highest BCUT2D eigenvalue weighted by Crippen LogP contribution is 2.41. The number of hydrogen-bond donors (Lipinski definition) is 1. The molecule has 1 N–H and O–H groups in total. The first-order valence-electron chi connectivity index (χ1n) is 14.8. The molecule has 3 aliphatic heterocycles. The minimum Gasteiger partial charge on any atom is -0.371 e. The summed E-state index contributed by atoms with van der Waals surface area (Å²) in [5.41, 5.74) is -2.78. The van der Waals surface area contributed by atoms with Crippen LogP contribution in [0.5, 0.6) is 0 Å². The average molecular weight is 604 g/mol. The lowest BCUT2D eigenvalue weighted by atomic mass is 9.78. The van der Waals surface area contributed by atoms with Gasteiger partial charge in [-0.3, -0.25) is 9.59 Å². The second kappa shape index (κ2) is 12.3. The molecule has 2 atom stereocenters. The number of likely N-dealkylation sites (tertiary alicyclic amines) is 2. The molecule has 3 aliphatic rings. The molecule has 3 fully saturated rings. The molecule has 5 rings (SSSR count). The summed E-state index contributed by atoms with van der Waals surface area (Å²) in [7, 11) is 0. The van der Waals surface area contributed by atoms with E-state index in [2.05, 4.69) is 24.0 Å². The fourth-order valence-corrected chi connectivity index (χ4v) is 7.06. The van der Waals surface area contributed by atoms with E-state index in [1.165, 1.54) is 12.1 Å². The van der Waals surface area contributed by atoms with Crippen molar-refractivity contribution in [1.82, 2.24) is 9.80 Å². The van der Waals surface area contributed by atoms with Crippen LogP contribution in [-0.4, -0.2) is 72.2 Å². The van der Waals surface area contributed by atoms with Gasteiger partial charge >= 0.3 is 6.18 Å². The van der Waals surface area contributed by atoms with Crippen molar-refractivity contribution >= 4 is 29.1 Å². The van der Waals surface area contributed by atoms with Crippen LogP contribution in [0.3, 0.4) is 0 Å². The number of rotatable bonds is 5. The van der Waals surface area contributed by atoms with E-state index in [9.17, 15) is 27.9 Å². The molecule has 6 nitrogen and oxygen atoms in total. The highest BCUT2D eigenvalue weighted by molar-refractivity contribution is 6.34. The highest BCUT2D eigenvalue weighted by atomic mass is 35.5. The molecule has 3 heterocycles. The van der Waals surface area contributed by atoms with E-state index in [1.807, 2.05) is 23.1 Å². The zero-order chi connectivity index (χ0) is 30.1. The van der Waals surface area contributed by atoms with Gasteiger partial charge in [-0.05, 0) is 86.6 Å². The molecule has 0 spiro atoms. The molecule has 226 valence electrons. The summed E-state index contributed by atoms with van der Waals surface area (Å²) in [6.07, 6.45) is -0.0156. The summed E-state index contributed by atoms with van der Waals surface area (Å²) in [5.74, 6) is -0.190. The number of hydrogen-bond acceptors (Lipinski definition) is 4. The van der Waals surface area contributed by atoms with E-state index in [1.54, 1.807) is 0 Å². The maximum absolute atomic E-state index is 14.0. The maximum atomic E-state index is 14.0. The molecule has 2 aromatic rings. The molecule has 42 heavy (non-hydrogen) atoms. The Labute approximate surface area is 250 Å². The van der Waals surface area contributed by atoms with Gasteiger partial charge in [0, 0.05) is 45.0 Å². The van der Waals surface area contributed by atoms with Gasteiger partial charge in [-0.1, -0.05) is 36.7 Å². The first-order valence-corrected chi connectivity index (χ1v) is 15.2. The molecule has 0 aliphatic carbocycles. The van der Waals surface area contributed by atoms with Crippen molar-refractivity contribution in [2.45, 2.75) is 57.2 Å². The van der Waals surface area contributed by atoms with Gasteiger partial charge in [-0.15, -0.1) is 0 Å². The van der Waals surface area contributed by atoms with Crippen molar-refractivity contribution < 1.29 is 27.9 Å². The number of carbonyl (C=O) groups is 2. The predicted octanol–water partition coefficient (Wildman–Crippen LogP) is 5.72. The van der Waals surface area contributed by atoms with E-state index in [0.29, 0.717) is 41.2 Å². The van der Waals surface area contributed by atoms with Gasteiger partial charge in [0.25, 0.3) is 17.4 Å². The molecule has 0 aromatic heterocycles. The third kappa shape index (κ3) is 6.07. The van der Waals surface area contributed by atoms with Crippen LogP contribution in [0.4, 0.5) is 18.9 Å². The Hall–Kier alpha value is -2.96. The number of carbonyl (C=O) groups excluding carboxylic acids is 2. The van der Waals surface area contributed by atoms with Crippen molar-refractivity contribution in [3.8, 4) is 0 Å². The quantitative estimate of drug-likeness (QED) is 0.475. The standard InChI is InChI=1S/C32H37ClF3N3O3/c1-22-6-5-15-39(21-22)29(40)27-10-9-26(20-28(27)33)37-16-11-23(12-17-37)24-13-18-38(19-14-24)30(41)31(42,32(34,35)36)25-7-3-2-4-8-25/h2-3,7,9-10,20,22-24,42H,5-6,11-19,21H2,1H3. The Balaban J connectivity index is 1.15.